The maximum absolute atomic E-state index is 5.44. The van der Waals surface area contributed by atoms with Gasteiger partial charge in [-0.25, -0.2) is 0 Å². The molecule has 0 spiro atoms. The molecule has 0 aliphatic heterocycles. The van der Waals surface area contributed by atoms with E-state index in [2.05, 4.69) is 63.3 Å². The summed E-state index contributed by atoms with van der Waals surface area (Å²) in [6, 6.07) is 10.8. The van der Waals surface area contributed by atoms with Gasteiger partial charge in [0.25, 0.3) is 0 Å². The van der Waals surface area contributed by atoms with Gasteiger partial charge in [0.15, 0.2) is 0 Å². The normalized spacial score (nSPS) is 13.5. The Morgan fingerprint density at radius 3 is 2.42 bits per heavy atom. The fraction of sp³-hybridized carbons (Fsp3) is 0.647. The van der Waals surface area contributed by atoms with E-state index < -0.39 is 0 Å². The van der Waals surface area contributed by atoms with Crippen molar-refractivity contribution in [2.75, 3.05) is 19.8 Å². The van der Waals surface area contributed by atoms with E-state index in [1.165, 1.54) is 12.0 Å². The predicted octanol–water partition coefficient (Wildman–Crippen LogP) is 3.98. The maximum Gasteiger partial charge on any atom is 0.0466 e. The zero-order valence-corrected chi connectivity index (χ0v) is 12.9. The van der Waals surface area contributed by atoms with Gasteiger partial charge in [-0.2, -0.15) is 0 Å². The molecule has 0 aliphatic rings. The van der Waals surface area contributed by atoms with Crippen LogP contribution in [0.5, 0.6) is 0 Å². The van der Waals surface area contributed by atoms with Gasteiger partial charge in [0.05, 0.1) is 0 Å². The van der Waals surface area contributed by atoms with Crippen LogP contribution in [-0.2, 0) is 4.74 Å². The van der Waals surface area contributed by atoms with E-state index in [9.17, 15) is 0 Å². The van der Waals surface area contributed by atoms with Crippen LogP contribution in [0.4, 0.5) is 0 Å². The van der Waals surface area contributed by atoms with Gasteiger partial charge >= 0.3 is 0 Å². The lowest BCUT2D eigenvalue weighted by molar-refractivity contribution is 0.141. The van der Waals surface area contributed by atoms with Gasteiger partial charge in [-0.15, -0.1) is 0 Å². The van der Waals surface area contributed by atoms with E-state index in [-0.39, 0.29) is 5.54 Å². The van der Waals surface area contributed by atoms with E-state index in [1.807, 2.05) is 0 Å². The first-order valence-corrected chi connectivity index (χ1v) is 7.40. The molecule has 0 saturated carbocycles. The second-order valence-electron chi connectivity index (χ2n) is 6.08. The number of hydrogen-bond donors (Lipinski definition) is 1. The molecule has 1 unspecified atom stereocenters. The van der Waals surface area contributed by atoms with Crippen LogP contribution in [0.15, 0.2) is 30.3 Å². The summed E-state index contributed by atoms with van der Waals surface area (Å²) in [6.07, 6.45) is 2.30. The van der Waals surface area contributed by atoms with Crippen LogP contribution in [0, 0.1) is 0 Å². The van der Waals surface area contributed by atoms with Crippen molar-refractivity contribution in [3.8, 4) is 0 Å². The Morgan fingerprint density at radius 2 is 1.84 bits per heavy atom. The Morgan fingerprint density at radius 1 is 1.16 bits per heavy atom. The van der Waals surface area contributed by atoms with Crippen LogP contribution in [-0.4, -0.2) is 25.3 Å². The van der Waals surface area contributed by atoms with Crippen LogP contribution in [0.25, 0.3) is 0 Å². The molecule has 1 aromatic rings. The molecule has 1 atom stereocenters. The third kappa shape index (κ3) is 7.34. The molecule has 0 aromatic heterocycles. The minimum absolute atomic E-state index is 0.174. The molecule has 0 bridgehead atoms. The summed E-state index contributed by atoms with van der Waals surface area (Å²) < 4.78 is 5.44. The van der Waals surface area contributed by atoms with Crippen LogP contribution in [0.1, 0.15) is 52.0 Å². The Hall–Kier alpha value is -0.860. The average Bonchev–Trinajstić information content (AvgIpc) is 2.38. The maximum atomic E-state index is 5.44. The van der Waals surface area contributed by atoms with Gasteiger partial charge in [-0.1, -0.05) is 30.3 Å². The summed E-state index contributed by atoms with van der Waals surface area (Å²) in [6.45, 7) is 11.4. The van der Waals surface area contributed by atoms with Crippen molar-refractivity contribution in [1.82, 2.24) is 5.32 Å². The molecule has 0 heterocycles. The Balaban J connectivity index is 2.53. The molecular formula is C17H29NO. The Bertz CT molecular complexity index is 329. The number of hydrogen-bond acceptors (Lipinski definition) is 2. The van der Waals surface area contributed by atoms with Crippen molar-refractivity contribution in [2.45, 2.75) is 52.0 Å². The van der Waals surface area contributed by atoms with Crippen molar-refractivity contribution in [3.63, 3.8) is 0 Å². The highest BCUT2D eigenvalue weighted by Gasteiger charge is 2.15. The van der Waals surface area contributed by atoms with E-state index in [4.69, 9.17) is 4.74 Å². The second-order valence-corrected chi connectivity index (χ2v) is 6.08. The highest BCUT2D eigenvalue weighted by atomic mass is 16.5. The van der Waals surface area contributed by atoms with Crippen LogP contribution in [0.2, 0.25) is 0 Å². The second kappa shape index (κ2) is 8.34. The molecule has 0 amide bonds. The molecule has 19 heavy (non-hydrogen) atoms. The highest BCUT2D eigenvalue weighted by molar-refractivity contribution is 5.19. The van der Waals surface area contributed by atoms with Gasteiger partial charge in [-0.05, 0) is 52.0 Å². The van der Waals surface area contributed by atoms with Gasteiger partial charge in [0, 0.05) is 25.3 Å². The van der Waals surface area contributed by atoms with Gasteiger partial charge in [0.2, 0.25) is 0 Å². The average molecular weight is 263 g/mol. The molecule has 1 rings (SSSR count). The third-order valence-corrected chi connectivity index (χ3v) is 3.20. The Kier molecular flexibility index (Phi) is 7.11. The lowest BCUT2D eigenvalue weighted by Gasteiger charge is -2.25. The minimum Gasteiger partial charge on any atom is -0.382 e. The number of rotatable bonds is 8. The SMILES string of the molecule is CCOCCCC(CNC(C)(C)C)c1ccccc1. The summed E-state index contributed by atoms with van der Waals surface area (Å²) in [5.41, 5.74) is 1.60. The highest BCUT2D eigenvalue weighted by Crippen LogP contribution is 2.21. The number of benzene rings is 1. The molecule has 1 aromatic carbocycles. The lowest BCUT2D eigenvalue weighted by atomic mass is 9.93. The molecule has 0 fully saturated rings. The first-order valence-electron chi connectivity index (χ1n) is 7.40. The largest absolute Gasteiger partial charge is 0.382 e. The first kappa shape index (κ1) is 16.2. The first-order chi connectivity index (χ1) is 9.03. The summed E-state index contributed by atoms with van der Waals surface area (Å²) >= 11 is 0. The van der Waals surface area contributed by atoms with E-state index in [0.717, 1.165) is 26.2 Å². The van der Waals surface area contributed by atoms with Gasteiger partial charge in [0.1, 0.15) is 0 Å². The van der Waals surface area contributed by atoms with Crippen molar-refractivity contribution in [1.29, 1.82) is 0 Å². The third-order valence-electron chi connectivity index (χ3n) is 3.20. The molecule has 0 aliphatic carbocycles. The van der Waals surface area contributed by atoms with Crippen molar-refractivity contribution in [3.05, 3.63) is 35.9 Å². The Labute approximate surface area is 118 Å². The molecular weight excluding hydrogens is 234 g/mol. The molecule has 2 heteroatoms. The predicted molar refractivity (Wildman–Crippen MR) is 82.7 cm³/mol. The van der Waals surface area contributed by atoms with Crippen molar-refractivity contribution >= 4 is 0 Å². The minimum atomic E-state index is 0.174. The molecule has 1 N–H and O–H groups in total. The standard InChI is InChI=1S/C17H29NO/c1-5-19-13-9-12-16(14-18-17(2,3)4)15-10-7-6-8-11-15/h6-8,10-11,16,18H,5,9,12-14H2,1-4H3. The lowest BCUT2D eigenvalue weighted by Crippen LogP contribution is -2.38. The smallest absolute Gasteiger partial charge is 0.0466 e. The van der Waals surface area contributed by atoms with E-state index in [1.54, 1.807) is 0 Å². The fourth-order valence-electron chi connectivity index (χ4n) is 2.12. The number of ether oxygens (including phenoxy) is 1. The summed E-state index contributed by atoms with van der Waals surface area (Å²) in [4.78, 5) is 0. The summed E-state index contributed by atoms with van der Waals surface area (Å²) in [5, 5.41) is 3.62. The summed E-state index contributed by atoms with van der Waals surface area (Å²) in [7, 11) is 0. The molecule has 108 valence electrons. The molecule has 0 saturated heterocycles. The van der Waals surface area contributed by atoms with Crippen LogP contribution in [0.3, 0.4) is 0 Å². The molecule has 2 nitrogen and oxygen atoms in total. The fourth-order valence-corrected chi connectivity index (χ4v) is 2.12. The van der Waals surface area contributed by atoms with E-state index in [0.29, 0.717) is 5.92 Å². The van der Waals surface area contributed by atoms with Crippen LogP contribution >= 0.6 is 0 Å². The van der Waals surface area contributed by atoms with E-state index >= 15 is 0 Å². The van der Waals surface area contributed by atoms with Gasteiger partial charge in [-0.3, -0.25) is 0 Å². The topological polar surface area (TPSA) is 21.3 Å². The van der Waals surface area contributed by atoms with Gasteiger partial charge < -0.3 is 10.1 Å². The van der Waals surface area contributed by atoms with Crippen molar-refractivity contribution in [2.24, 2.45) is 0 Å². The van der Waals surface area contributed by atoms with Crippen molar-refractivity contribution < 1.29 is 4.74 Å². The summed E-state index contributed by atoms with van der Waals surface area (Å²) in [5.74, 6) is 0.570. The quantitative estimate of drug-likeness (QED) is 0.716. The number of nitrogens with one attached hydrogen (secondary N) is 1. The monoisotopic (exact) mass is 263 g/mol. The molecule has 0 radical (unpaired) electrons. The zero-order valence-electron chi connectivity index (χ0n) is 12.9. The zero-order chi connectivity index (χ0) is 14.1. The van der Waals surface area contributed by atoms with Crippen LogP contribution < -0.4 is 5.32 Å².